The third-order valence-corrected chi connectivity index (χ3v) is 4.35. The number of hydrogen-bond donors (Lipinski definition) is 2. The molecule has 0 heterocycles. The zero-order valence-electron chi connectivity index (χ0n) is 12.9. The van der Waals surface area contributed by atoms with Crippen molar-refractivity contribution in [2.45, 2.75) is 38.6 Å². The third kappa shape index (κ3) is 3.49. The van der Waals surface area contributed by atoms with Crippen LogP contribution in [0.5, 0.6) is 0 Å². The van der Waals surface area contributed by atoms with Gasteiger partial charge >= 0.3 is 0 Å². The van der Waals surface area contributed by atoms with Gasteiger partial charge in [0.25, 0.3) is 0 Å². The first kappa shape index (κ1) is 15.7. The van der Waals surface area contributed by atoms with Gasteiger partial charge in [-0.3, -0.25) is 11.3 Å². The largest absolute Gasteiger partial charge is 0.271 e. The normalized spacial score (nSPS) is 13.2. The van der Waals surface area contributed by atoms with Gasteiger partial charge in [0.15, 0.2) is 0 Å². The maximum absolute atomic E-state index is 13.1. The predicted molar refractivity (Wildman–Crippen MR) is 85.4 cm³/mol. The number of nitrogens with one attached hydrogen (secondary N) is 1. The fourth-order valence-electron chi connectivity index (χ4n) is 2.66. The highest BCUT2D eigenvalue weighted by molar-refractivity contribution is 5.31. The smallest absolute Gasteiger partial charge is 0.123 e. The molecule has 0 bridgehead atoms. The van der Waals surface area contributed by atoms with Crippen LogP contribution in [0.25, 0.3) is 0 Å². The Bertz CT molecular complexity index is 590. The summed E-state index contributed by atoms with van der Waals surface area (Å²) in [5.41, 5.74) is 6.33. The number of hydrogen-bond acceptors (Lipinski definition) is 2. The predicted octanol–water partition coefficient (Wildman–Crippen LogP) is 3.49. The van der Waals surface area contributed by atoms with Gasteiger partial charge in [0.05, 0.1) is 0 Å². The maximum atomic E-state index is 13.1. The number of aryl methyl sites for hydroxylation is 1. The highest BCUT2D eigenvalue weighted by Gasteiger charge is 2.31. The molecule has 0 aromatic heterocycles. The second-order valence-corrected chi connectivity index (χ2v) is 6.08. The third-order valence-electron chi connectivity index (χ3n) is 4.35. The van der Waals surface area contributed by atoms with Gasteiger partial charge in [-0.2, -0.15) is 0 Å². The molecule has 0 aliphatic heterocycles. The zero-order valence-corrected chi connectivity index (χ0v) is 12.9. The molecule has 0 spiro atoms. The van der Waals surface area contributed by atoms with Gasteiger partial charge < -0.3 is 0 Å². The fourth-order valence-corrected chi connectivity index (χ4v) is 2.66. The molecule has 2 rings (SSSR count). The lowest BCUT2D eigenvalue weighted by molar-refractivity contribution is 0.341. The van der Waals surface area contributed by atoms with Crippen LogP contribution in [0.3, 0.4) is 0 Å². The van der Waals surface area contributed by atoms with E-state index < -0.39 is 0 Å². The van der Waals surface area contributed by atoms with Gasteiger partial charge in [-0.15, -0.1) is 0 Å². The number of rotatable bonds is 5. The molecule has 21 heavy (non-hydrogen) atoms. The van der Waals surface area contributed by atoms with Gasteiger partial charge in [0, 0.05) is 11.5 Å². The molecule has 1 atom stereocenters. The van der Waals surface area contributed by atoms with Crippen molar-refractivity contribution in [1.82, 2.24) is 5.43 Å². The van der Waals surface area contributed by atoms with Crippen molar-refractivity contribution in [2.24, 2.45) is 5.84 Å². The van der Waals surface area contributed by atoms with Crippen LogP contribution in [0.1, 0.15) is 30.5 Å². The van der Waals surface area contributed by atoms with E-state index in [1.807, 2.05) is 24.3 Å². The molecule has 3 N–H and O–H groups in total. The number of nitrogens with two attached hydrogens (primary N) is 1. The summed E-state index contributed by atoms with van der Waals surface area (Å²) in [6.07, 6.45) is 0.827. The highest BCUT2D eigenvalue weighted by atomic mass is 19.1. The quantitative estimate of drug-likeness (QED) is 0.652. The molecule has 0 radical (unpaired) electrons. The van der Waals surface area contributed by atoms with Crippen molar-refractivity contribution in [1.29, 1.82) is 0 Å². The number of benzene rings is 2. The summed E-state index contributed by atoms with van der Waals surface area (Å²) >= 11 is 0. The van der Waals surface area contributed by atoms with E-state index in [0.717, 1.165) is 12.0 Å². The highest BCUT2D eigenvalue weighted by Crippen LogP contribution is 2.29. The summed E-state index contributed by atoms with van der Waals surface area (Å²) < 4.78 is 13.1. The molecule has 2 aromatic rings. The Morgan fingerprint density at radius 1 is 1.10 bits per heavy atom. The standard InChI is InChI=1S/C18H23FN2/c1-13-6-4-5-7-14(13)12-17(21-20)18(2,3)15-8-10-16(19)11-9-15/h4-11,17,21H,12,20H2,1-3H3. The van der Waals surface area contributed by atoms with Crippen molar-refractivity contribution in [3.8, 4) is 0 Å². The van der Waals surface area contributed by atoms with E-state index in [1.54, 1.807) is 0 Å². The van der Waals surface area contributed by atoms with Gasteiger partial charge in [0.1, 0.15) is 5.82 Å². The lowest BCUT2D eigenvalue weighted by Gasteiger charge is -2.35. The minimum atomic E-state index is -0.217. The summed E-state index contributed by atoms with van der Waals surface area (Å²) in [6, 6.07) is 15.0. The van der Waals surface area contributed by atoms with E-state index in [1.165, 1.54) is 23.3 Å². The Balaban J connectivity index is 2.27. The van der Waals surface area contributed by atoms with Gasteiger partial charge in [-0.05, 0) is 42.2 Å². The molecule has 0 saturated heterocycles. The van der Waals surface area contributed by atoms with E-state index in [4.69, 9.17) is 5.84 Å². The summed E-state index contributed by atoms with van der Waals surface area (Å²) in [4.78, 5) is 0. The van der Waals surface area contributed by atoms with Gasteiger partial charge in [0.2, 0.25) is 0 Å². The van der Waals surface area contributed by atoms with Crippen molar-refractivity contribution in [3.63, 3.8) is 0 Å². The van der Waals surface area contributed by atoms with Crippen LogP contribution in [0.15, 0.2) is 48.5 Å². The molecule has 0 fully saturated rings. The molecule has 2 nitrogen and oxygen atoms in total. The molecule has 1 unspecified atom stereocenters. The Morgan fingerprint density at radius 3 is 2.29 bits per heavy atom. The number of hydrazine groups is 1. The van der Waals surface area contributed by atoms with E-state index in [0.29, 0.717) is 0 Å². The topological polar surface area (TPSA) is 38.0 Å². The van der Waals surface area contributed by atoms with Crippen LogP contribution in [0.4, 0.5) is 4.39 Å². The second kappa shape index (κ2) is 6.37. The molecular weight excluding hydrogens is 263 g/mol. The van der Waals surface area contributed by atoms with Crippen molar-refractivity contribution in [2.75, 3.05) is 0 Å². The van der Waals surface area contributed by atoms with Gasteiger partial charge in [-0.25, -0.2) is 4.39 Å². The van der Waals surface area contributed by atoms with Crippen LogP contribution < -0.4 is 11.3 Å². The average molecular weight is 286 g/mol. The van der Waals surface area contributed by atoms with E-state index in [9.17, 15) is 4.39 Å². The SMILES string of the molecule is Cc1ccccc1CC(NN)C(C)(C)c1ccc(F)cc1. The monoisotopic (exact) mass is 286 g/mol. The zero-order chi connectivity index (χ0) is 15.5. The molecule has 0 amide bonds. The Labute approximate surface area is 126 Å². The molecule has 0 aliphatic rings. The lowest BCUT2D eigenvalue weighted by atomic mass is 9.75. The van der Waals surface area contributed by atoms with Crippen LogP contribution in [-0.4, -0.2) is 6.04 Å². The molecule has 0 saturated carbocycles. The minimum Gasteiger partial charge on any atom is -0.271 e. The first-order valence-corrected chi connectivity index (χ1v) is 7.22. The van der Waals surface area contributed by atoms with Crippen LogP contribution in [-0.2, 0) is 11.8 Å². The molecule has 112 valence electrons. The molecular formula is C18H23FN2. The number of halogens is 1. The fraction of sp³-hybridized carbons (Fsp3) is 0.333. The average Bonchev–Trinajstić information content (AvgIpc) is 2.46. The maximum Gasteiger partial charge on any atom is 0.123 e. The van der Waals surface area contributed by atoms with Crippen LogP contribution >= 0.6 is 0 Å². The lowest BCUT2D eigenvalue weighted by Crippen LogP contribution is -2.49. The summed E-state index contributed by atoms with van der Waals surface area (Å²) in [7, 11) is 0. The minimum absolute atomic E-state index is 0.0593. The summed E-state index contributed by atoms with van der Waals surface area (Å²) in [5, 5.41) is 0. The van der Waals surface area contributed by atoms with Gasteiger partial charge in [-0.1, -0.05) is 50.2 Å². The van der Waals surface area contributed by atoms with Crippen molar-refractivity contribution in [3.05, 3.63) is 71.0 Å². The van der Waals surface area contributed by atoms with Crippen molar-refractivity contribution >= 4 is 0 Å². The Kier molecular flexibility index (Phi) is 4.76. The van der Waals surface area contributed by atoms with E-state index >= 15 is 0 Å². The molecule has 0 aliphatic carbocycles. The van der Waals surface area contributed by atoms with Crippen molar-refractivity contribution < 1.29 is 4.39 Å². The van der Waals surface area contributed by atoms with E-state index in [2.05, 4.69) is 38.3 Å². The Hall–Kier alpha value is -1.71. The van der Waals surface area contributed by atoms with Crippen LogP contribution in [0.2, 0.25) is 0 Å². The van der Waals surface area contributed by atoms with E-state index in [-0.39, 0.29) is 17.3 Å². The summed E-state index contributed by atoms with van der Waals surface area (Å²) in [5.74, 6) is 5.58. The van der Waals surface area contributed by atoms with Crippen LogP contribution in [0, 0.1) is 12.7 Å². The first-order chi connectivity index (χ1) is 9.95. The summed E-state index contributed by atoms with van der Waals surface area (Å²) in [6.45, 7) is 6.36. The first-order valence-electron chi connectivity index (χ1n) is 7.22. The molecule has 3 heteroatoms. The molecule has 2 aromatic carbocycles. The Morgan fingerprint density at radius 2 is 1.71 bits per heavy atom. The second-order valence-electron chi connectivity index (χ2n) is 6.08.